The van der Waals surface area contributed by atoms with Crippen LogP contribution >= 0.6 is 7.26 Å². The first-order valence-electron chi connectivity index (χ1n) is 16.5. The molecule has 0 heterocycles. The van der Waals surface area contributed by atoms with E-state index in [9.17, 15) is 0 Å². The Balaban J connectivity index is 2.88. The van der Waals surface area contributed by atoms with E-state index in [0.717, 1.165) is 0 Å². The average molecular weight is 518 g/mol. The van der Waals surface area contributed by atoms with E-state index in [1.807, 2.05) is 0 Å². The van der Waals surface area contributed by atoms with Crippen LogP contribution in [0, 0.1) is 0 Å². The summed E-state index contributed by atoms with van der Waals surface area (Å²) in [5.41, 5.74) is 3.19. The third-order valence-electron chi connectivity index (χ3n) is 8.64. The van der Waals surface area contributed by atoms with Crippen LogP contribution in [-0.2, 0) is 6.16 Å². The number of hydrogen-bond acceptors (Lipinski definition) is 0. The highest BCUT2D eigenvalue weighted by molar-refractivity contribution is 7.75. The van der Waals surface area contributed by atoms with Gasteiger partial charge in [0.1, 0.15) is 0 Å². The van der Waals surface area contributed by atoms with Gasteiger partial charge in [0.05, 0.1) is 24.6 Å². The molecule has 0 aliphatic heterocycles. The zero-order valence-electron chi connectivity index (χ0n) is 25.6. The zero-order valence-corrected chi connectivity index (χ0v) is 26.5. The van der Waals surface area contributed by atoms with Gasteiger partial charge in [0, 0.05) is 7.26 Å². The first-order chi connectivity index (χ1) is 17.6. The minimum atomic E-state index is -0.931. The van der Waals surface area contributed by atoms with Gasteiger partial charge in [-0.1, -0.05) is 136 Å². The average Bonchev–Trinajstić information content (AvgIpc) is 2.90. The van der Waals surface area contributed by atoms with Crippen LogP contribution in [0.5, 0.6) is 0 Å². The zero-order chi connectivity index (χ0) is 26.3. The second kappa shape index (κ2) is 22.6. The molecule has 0 fully saturated rings. The van der Waals surface area contributed by atoms with Gasteiger partial charge < -0.3 is 0 Å². The van der Waals surface area contributed by atoms with Crippen LogP contribution < -0.4 is 0 Å². The summed E-state index contributed by atoms with van der Waals surface area (Å²) < 4.78 is 0. The topological polar surface area (TPSA) is 0 Å². The maximum Gasteiger partial charge on any atom is 0.0842 e. The van der Waals surface area contributed by atoms with Crippen LogP contribution in [0.1, 0.15) is 174 Å². The number of rotatable bonds is 25. The Bertz CT molecular complexity index is 548. The maximum absolute atomic E-state index is 2.51. The Morgan fingerprint density at radius 3 is 1.22 bits per heavy atom. The second-order valence-electron chi connectivity index (χ2n) is 12.0. The van der Waals surface area contributed by atoms with Crippen molar-refractivity contribution in [1.29, 1.82) is 0 Å². The van der Waals surface area contributed by atoms with Gasteiger partial charge in [-0.2, -0.15) is 0 Å². The van der Waals surface area contributed by atoms with Crippen molar-refractivity contribution < 1.29 is 0 Å². The summed E-state index contributed by atoms with van der Waals surface area (Å²) in [4.78, 5) is 0. The number of benzene rings is 1. The minimum absolute atomic E-state index is 0.688. The molecule has 0 aliphatic rings. The van der Waals surface area contributed by atoms with Crippen molar-refractivity contribution in [3.05, 3.63) is 35.4 Å². The van der Waals surface area contributed by atoms with Crippen molar-refractivity contribution in [3.8, 4) is 0 Å². The highest BCUT2D eigenvalue weighted by atomic mass is 31.2. The van der Waals surface area contributed by atoms with E-state index in [1.165, 1.54) is 134 Å². The monoisotopic (exact) mass is 517 g/mol. The normalized spacial score (nSPS) is 12.8. The van der Waals surface area contributed by atoms with E-state index in [4.69, 9.17) is 0 Å². The summed E-state index contributed by atoms with van der Waals surface area (Å²) in [5, 5.41) is 0. The van der Waals surface area contributed by atoms with Gasteiger partial charge >= 0.3 is 0 Å². The van der Waals surface area contributed by atoms with E-state index in [2.05, 4.69) is 58.9 Å². The molecule has 0 aromatic heterocycles. The molecule has 210 valence electrons. The molecule has 0 nitrogen and oxygen atoms in total. The largest absolute Gasteiger partial charge is 0.0842 e. The molecular formula is C35H66P+. The molecule has 0 N–H and O–H groups in total. The molecule has 36 heavy (non-hydrogen) atoms. The highest BCUT2D eigenvalue weighted by Gasteiger charge is 2.36. The molecule has 1 unspecified atom stereocenters. The lowest BCUT2D eigenvalue weighted by Crippen LogP contribution is -2.12. The first kappa shape index (κ1) is 33.7. The van der Waals surface area contributed by atoms with Gasteiger partial charge in [-0.15, -0.1) is 0 Å². The Labute approximate surface area is 229 Å². The van der Waals surface area contributed by atoms with E-state index in [0.29, 0.717) is 5.92 Å². The molecule has 0 saturated heterocycles. The number of unbranched alkanes of at least 4 members (excludes halogenated alkanes) is 15. The maximum atomic E-state index is 2.51. The van der Waals surface area contributed by atoms with Gasteiger partial charge in [-0.25, -0.2) is 0 Å². The molecule has 0 amide bonds. The fraction of sp³-hybridized carbons (Fsp3) is 0.829. The van der Waals surface area contributed by atoms with E-state index in [1.54, 1.807) is 24.0 Å². The lowest BCUT2D eigenvalue weighted by molar-refractivity contribution is 0.615. The third kappa shape index (κ3) is 15.8. The Morgan fingerprint density at radius 2 is 0.861 bits per heavy atom. The van der Waals surface area contributed by atoms with E-state index < -0.39 is 7.26 Å². The van der Waals surface area contributed by atoms with Crippen LogP contribution in [0.15, 0.2) is 24.3 Å². The Hall–Kier alpha value is -0.350. The number of hydrogen-bond donors (Lipinski definition) is 0. The van der Waals surface area contributed by atoms with Crippen molar-refractivity contribution >= 4 is 7.26 Å². The lowest BCUT2D eigenvalue weighted by atomic mass is 9.98. The summed E-state index contributed by atoms with van der Waals surface area (Å²) in [6, 6.07) is 9.94. The molecule has 0 bridgehead atoms. The quantitative estimate of drug-likeness (QED) is 0.0893. The molecule has 1 aromatic carbocycles. The van der Waals surface area contributed by atoms with Crippen LogP contribution in [0.2, 0.25) is 0 Å². The molecule has 1 aromatic rings. The van der Waals surface area contributed by atoms with Gasteiger partial charge in [0.15, 0.2) is 0 Å². The van der Waals surface area contributed by atoms with Crippen molar-refractivity contribution in [1.82, 2.24) is 0 Å². The minimum Gasteiger partial charge on any atom is -0.0654 e. The molecule has 0 spiro atoms. The predicted octanol–water partition coefficient (Wildman–Crippen LogP) is 12.8. The molecule has 0 radical (unpaired) electrons. The predicted molar refractivity (Wildman–Crippen MR) is 171 cm³/mol. The summed E-state index contributed by atoms with van der Waals surface area (Å²) in [5.74, 6) is 0.688. The third-order valence-corrected chi connectivity index (χ3v) is 13.5. The lowest BCUT2D eigenvalue weighted by Gasteiger charge is -2.29. The van der Waals surface area contributed by atoms with E-state index in [-0.39, 0.29) is 0 Å². The molecular weight excluding hydrogens is 451 g/mol. The van der Waals surface area contributed by atoms with Crippen LogP contribution in [0.25, 0.3) is 0 Å². The molecule has 1 heteroatoms. The smallest absolute Gasteiger partial charge is 0.0654 e. The van der Waals surface area contributed by atoms with Gasteiger partial charge in [-0.3, -0.25) is 0 Å². The SMILES string of the molecule is CCCCCCCC[P+](CCCCCCCC)(CCCCCCCC)Cc1ccc(C(C)CC)cc1. The van der Waals surface area contributed by atoms with Crippen molar-refractivity contribution in [3.63, 3.8) is 0 Å². The van der Waals surface area contributed by atoms with Crippen molar-refractivity contribution in [2.75, 3.05) is 18.5 Å². The van der Waals surface area contributed by atoms with Crippen molar-refractivity contribution in [2.24, 2.45) is 0 Å². The molecule has 1 rings (SSSR count). The summed E-state index contributed by atoms with van der Waals surface area (Å²) >= 11 is 0. The van der Waals surface area contributed by atoms with Crippen LogP contribution in [0.4, 0.5) is 0 Å². The second-order valence-corrected chi connectivity index (χ2v) is 16.4. The molecule has 1 atom stereocenters. The summed E-state index contributed by atoms with van der Waals surface area (Å²) in [6.45, 7) is 11.7. The molecule has 0 saturated carbocycles. The Kier molecular flexibility index (Phi) is 21.2. The fourth-order valence-corrected chi connectivity index (χ4v) is 10.6. The van der Waals surface area contributed by atoms with E-state index >= 15 is 0 Å². The van der Waals surface area contributed by atoms with Crippen LogP contribution in [-0.4, -0.2) is 18.5 Å². The fourth-order valence-electron chi connectivity index (χ4n) is 5.83. The summed E-state index contributed by atoms with van der Waals surface area (Å²) in [6.07, 6.45) is 33.4. The molecule has 0 aliphatic carbocycles. The van der Waals surface area contributed by atoms with Gasteiger partial charge in [0.2, 0.25) is 0 Å². The Morgan fingerprint density at radius 1 is 0.500 bits per heavy atom. The highest BCUT2D eigenvalue weighted by Crippen LogP contribution is 2.63. The first-order valence-corrected chi connectivity index (χ1v) is 19.1. The van der Waals surface area contributed by atoms with Crippen LogP contribution in [0.3, 0.4) is 0 Å². The summed E-state index contributed by atoms with van der Waals surface area (Å²) in [7, 11) is -0.931. The van der Waals surface area contributed by atoms with Gasteiger partial charge in [0.25, 0.3) is 0 Å². The van der Waals surface area contributed by atoms with Crippen molar-refractivity contribution in [2.45, 2.75) is 169 Å². The standard InChI is InChI=1S/C35H66P/c1-6-10-13-16-19-22-29-36(30-23-20-17-14-11-7-2,31-24-21-18-15-12-8-3)32-34-25-27-35(28-26-34)33(5)9-4/h25-28,33H,6-24,29-32H2,1-5H3/q+1. The van der Waals surface area contributed by atoms with Gasteiger partial charge in [-0.05, 0) is 62.0 Å².